The number of nitrogens with zero attached hydrogens (tertiary/aromatic N) is 2. The van der Waals surface area contributed by atoms with Gasteiger partial charge in [0.2, 0.25) is 11.8 Å². The second-order valence-electron chi connectivity index (χ2n) is 8.28. The lowest BCUT2D eigenvalue weighted by Gasteiger charge is -2.51. The van der Waals surface area contributed by atoms with E-state index in [1.165, 1.54) is 0 Å². The third-order valence-corrected chi connectivity index (χ3v) is 7.14. The number of para-hydroxylation sites is 1. The summed E-state index contributed by atoms with van der Waals surface area (Å²) in [6.45, 7) is 0. The molecule has 1 fully saturated rings. The fourth-order valence-corrected chi connectivity index (χ4v) is 6.03. The van der Waals surface area contributed by atoms with E-state index < -0.39 is 23.2 Å². The van der Waals surface area contributed by atoms with E-state index in [0.29, 0.717) is 0 Å². The molecule has 0 saturated carbocycles. The Morgan fingerprint density at radius 3 is 2.03 bits per heavy atom. The molecule has 1 heterocycles. The van der Waals surface area contributed by atoms with Crippen LogP contribution in [0.3, 0.4) is 0 Å². The lowest BCUT2D eigenvalue weighted by atomic mass is 9.48. The van der Waals surface area contributed by atoms with Gasteiger partial charge in [0.1, 0.15) is 12.4 Å². The maximum atomic E-state index is 13.8. The van der Waals surface area contributed by atoms with Gasteiger partial charge in [0.05, 0.1) is 28.5 Å². The molecule has 0 unspecified atom stereocenters. The van der Waals surface area contributed by atoms with E-state index in [1.807, 2.05) is 48.5 Å². The molecular formula is C26H16N2O3. The number of anilines is 1. The first kappa shape index (κ1) is 17.8. The van der Waals surface area contributed by atoms with Gasteiger partial charge in [-0.25, -0.2) is 4.90 Å². The molecule has 3 aromatic rings. The predicted octanol–water partition coefficient (Wildman–Crippen LogP) is 3.31. The van der Waals surface area contributed by atoms with Crippen molar-refractivity contribution in [2.45, 2.75) is 11.3 Å². The Hall–Kier alpha value is -4.04. The first-order chi connectivity index (χ1) is 15.1. The van der Waals surface area contributed by atoms with E-state index in [2.05, 4.69) is 6.07 Å². The van der Waals surface area contributed by atoms with Gasteiger partial charge in [0.25, 0.3) is 0 Å². The van der Waals surface area contributed by atoms with E-state index >= 15 is 0 Å². The van der Waals surface area contributed by atoms with Gasteiger partial charge in [0.15, 0.2) is 0 Å². The van der Waals surface area contributed by atoms with Crippen LogP contribution in [0.25, 0.3) is 0 Å². The van der Waals surface area contributed by atoms with Crippen LogP contribution in [0.5, 0.6) is 0 Å². The molecule has 1 aliphatic heterocycles. The second kappa shape index (κ2) is 5.99. The molecule has 0 radical (unpaired) electrons. The maximum Gasteiger partial charge on any atom is 0.239 e. The Morgan fingerprint density at radius 2 is 1.42 bits per heavy atom. The number of hydrogen-bond donors (Lipinski definition) is 0. The number of rotatable bonds is 2. The van der Waals surface area contributed by atoms with Crippen LogP contribution in [0.1, 0.15) is 33.7 Å². The molecule has 31 heavy (non-hydrogen) atoms. The lowest BCUT2D eigenvalue weighted by molar-refractivity contribution is -0.128. The molecule has 0 aromatic heterocycles. The number of nitriles is 1. The molecule has 1 saturated heterocycles. The summed E-state index contributed by atoms with van der Waals surface area (Å²) < 4.78 is 0. The van der Waals surface area contributed by atoms with E-state index in [9.17, 15) is 19.6 Å². The minimum atomic E-state index is -1.23. The number of amides is 2. The molecule has 3 aliphatic carbocycles. The summed E-state index contributed by atoms with van der Waals surface area (Å²) >= 11 is 0. The average molecular weight is 404 g/mol. The Morgan fingerprint density at radius 1 is 0.839 bits per heavy atom. The zero-order chi connectivity index (χ0) is 21.3. The molecule has 5 heteroatoms. The number of imide groups is 1. The minimum Gasteiger partial charge on any atom is -0.302 e. The van der Waals surface area contributed by atoms with Crippen LogP contribution in [-0.4, -0.2) is 18.1 Å². The second-order valence-corrected chi connectivity index (χ2v) is 8.28. The van der Waals surface area contributed by atoms with E-state index in [0.717, 1.165) is 33.4 Å². The third kappa shape index (κ3) is 1.93. The first-order valence-electron chi connectivity index (χ1n) is 10.2. The van der Waals surface area contributed by atoms with Gasteiger partial charge >= 0.3 is 0 Å². The van der Waals surface area contributed by atoms with E-state index in [-0.39, 0.29) is 23.1 Å². The summed E-state index contributed by atoms with van der Waals surface area (Å²) in [5.41, 5.74) is 2.75. The van der Waals surface area contributed by atoms with E-state index in [4.69, 9.17) is 0 Å². The fraction of sp³-hybridized carbons (Fsp3) is 0.154. The fourth-order valence-electron chi connectivity index (χ4n) is 6.03. The SMILES string of the molecule is N#Cc1ccccc1N1C(=O)[C@@H]2C3c4ccccc4C(C=O)(c4ccccc43)[C@H]2C1=O. The maximum absolute atomic E-state index is 13.8. The van der Waals surface area contributed by atoms with Crippen LogP contribution in [0, 0.1) is 23.2 Å². The van der Waals surface area contributed by atoms with Crippen LogP contribution in [0.4, 0.5) is 5.69 Å². The first-order valence-corrected chi connectivity index (χ1v) is 10.2. The molecule has 3 aromatic carbocycles. The van der Waals surface area contributed by atoms with Crippen LogP contribution in [0.2, 0.25) is 0 Å². The Balaban J connectivity index is 1.66. The van der Waals surface area contributed by atoms with Crippen molar-refractivity contribution in [2.75, 3.05) is 4.90 Å². The normalized spacial score (nSPS) is 27.3. The largest absolute Gasteiger partial charge is 0.302 e. The Kier molecular flexibility index (Phi) is 3.44. The minimum absolute atomic E-state index is 0.255. The number of aldehydes is 1. The van der Waals surface area contributed by atoms with E-state index in [1.54, 1.807) is 24.3 Å². The van der Waals surface area contributed by atoms with Crippen molar-refractivity contribution in [3.8, 4) is 6.07 Å². The highest BCUT2D eigenvalue weighted by atomic mass is 16.2. The van der Waals surface area contributed by atoms with Gasteiger partial charge < -0.3 is 4.79 Å². The van der Waals surface area contributed by atoms with Crippen LogP contribution in [0.15, 0.2) is 72.8 Å². The molecule has 2 amide bonds. The van der Waals surface area contributed by atoms with Crippen molar-refractivity contribution >= 4 is 23.8 Å². The number of carbonyl (C=O) groups is 3. The standard InChI is InChI=1S/C26H16N2O3/c27-13-15-7-1-6-12-20(15)28-24(30)22-21-16-8-2-4-10-18(16)26(14-29,23(22)25(28)31)19-11-5-3-9-17(19)21/h1-12,14,21-23H/t21?,22-,23-,26?/m1/s1. The Labute approximate surface area is 178 Å². The predicted molar refractivity (Wildman–Crippen MR) is 112 cm³/mol. The zero-order valence-corrected chi connectivity index (χ0v) is 16.4. The highest BCUT2D eigenvalue weighted by molar-refractivity contribution is 6.25. The number of carbonyl (C=O) groups excluding carboxylic acids is 3. The average Bonchev–Trinajstić information content (AvgIpc) is 3.09. The molecule has 2 atom stereocenters. The highest BCUT2D eigenvalue weighted by Crippen LogP contribution is 2.63. The van der Waals surface area contributed by atoms with Gasteiger partial charge in [-0.15, -0.1) is 0 Å². The van der Waals surface area contributed by atoms with Gasteiger partial charge in [-0.1, -0.05) is 60.7 Å². The summed E-state index contributed by atoms with van der Waals surface area (Å²) in [5.74, 6) is -2.60. The molecule has 2 bridgehead atoms. The highest BCUT2D eigenvalue weighted by Gasteiger charge is 2.68. The van der Waals surface area contributed by atoms with Crippen LogP contribution in [-0.2, 0) is 19.8 Å². The summed E-state index contributed by atoms with van der Waals surface area (Å²) in [7, 11) is 0. The number of benzene rings is 3. The van der Waals surface area contributed by atoms with Crippen molar-refractivity contribution in [3.05, 3.63) is 101 Å². The number of hydrogen-bond acceptors (Lipinski definition) is 4. The third-order valence-electron chi connectivity index (χ3n) is 7.14. The molecular weight excluding hydrogens is 388 g/mol. The van der Waals surface area contributed by atoms with Crippen molar-refractivity contribution < 1.29 is 14.4 Å². The van der Waals surface area contributed by atoms with Gasteiger partial charge in [-0.3, -0.25) is 9.59 Å². The van der Waals surface area contributed by atoms with Crippen molar-refractivity contribution in [1.29, 1.82) is 5.26 Å². The molecule has 4 aliphatic rings. The Bertz CT molecular complexity index is 1310. The smallest absolute Gasteiger partial charge is 0.239 e. The topological polar surface area (TPSA) is 78.2 Å². The monoisotopic (exact) mass is 404 g/mol. The summed E-state index contributed by atoms with van der Waals surface area (Å²) in [5, 5.41) is 9.55. The summed E-state index contributed by atoms with van der Waals surface area (Å²) in [4.78, 5) is 41.6. The summed E-state index contributed by atoms with van der Waals surface area (Å²) in [6.07, 6.45) is 0.850. The van der Waals surface area contributed by atoms with Gasteiger partial charge in [-0.2, -0.15) is 5.26 Å². The molecule has 5 nitrogen and oxygen atoms in total. The molecule has 0 spiro atoms. The van der Waals surface area contributed by atoms with Crippen molar-refractivity contribution in [1.82, 2.24) is 0 Å². The van der Waals surface area contributed by atoms with Gasteiger partial charge in [0, 0.05) is 5.92 Å². The van der Waals surface area contributed by atoms with Crippen molar-refractivity contribution in [2.24, 2.45) is 11.8 Å². The van der Waals surface area contributed by atoms with Gasteiger partial charge in [-0.05, 0) is 34.4 Å². The molecule has 148 valence electrons. The quantitative estimate of drug-likeness (QED) is 0.485. The zero-order valence-electron chi connectivity index (χ0n) is 16.4. The molecule has 7 rings (SSSR count). The van der Waals surface area contributed by atoms with Crippen LogP contribution >= 0.6 is 0 Å². The summed E-state index contributed by atoms with van der Waals surface area (Å²) in [6, 6.07) is 23.9. The van der Waals surface area contributed by atoms with Crippen LogP contribution < -0.4 is 4.90 Å². The molecule has 0 N–H and O–H groups in total. The van der Waals surface area contributed by atoms with Crippen molar-refractivity contribution in [3.63, 3.8) is 0 Å². The lowest BCUT2D eigenvalue weighted by Crippen LogP contribution is -2.54.